The molecule has 5 aromatic rings. The molecule has 7 rings (SSSR count). The van der Waals surface area contributed by atoms with Gasteiger partial charge in [-0.3, -0.25) is 18.7 Å². The zero-order valence-electron chi connectivity index (χ0n) is 28.8. The van der Waals surface area contributed by atoms with Crippen molar-refractivity contribution in [3.8, 4) is 11.1 Å². The Morgan fingerprint density at radius 1 is 0.981 bits per heavy atom. The average Bonchev–Trinajstić information content (AvgIpc) is 3.79. The van der Waals surface area contributed by atoms with Crippen molar-refractivity contribution in [2.45, 2.75) is 25.6 Å². The van der Waals surface area contributed by atoms with E-state index < -0.39 is 46.1 Å². The maximum Gasteiger partial charge on any atom is 0.309 e. The molecule has 0 spiro atoms. The van der Waals surface area contributed by atoms with Crippen LogP contribution in [0.4, 0.5) is 24.5 Å². The van der Waals surface area contributed by atoms with Crippen LogP contribution < -0.4 is 9.31 Å². The Hall–Kier alpha value is -5.09. The first kappa shape index (κ1) is 36.3. The number of pyridine rings is 1. The summed E-state index contributed by atoms with van der Waals surface area (Å²) in [5.74, 6) is -3.80. The monoisotopic (exact) mass is 745 g/mol. The highest BCUT2D eigenvalue weighted by Gasteiger charge is 2.32. The average molecular weight is 746 g/mol. The molecule has 11 nitrogen and oxygen atoms in total. The summed E-state index contributed by atoms with van der Waals surface area (Å²) in [5.41, 5.74) is 3.42. The number of benzene rings is 3. The second kappa shape index (κ2) is 15.5. The zero-order valence-corrected chi connectivity index (χ0v) is 29.6. The number of aromatic nitrogens is 2. The molecule has 0 radical (unpaired) electrons. The number of nitrogens with zero attached hydrogens (tertiary/aromatic N) is 5. The van der Waals surface area contributed by atoms with Crippen molar-refractivity contribution in [3.05, 3.63) is 113 Å². The third-order valence-electron chi connectivity index (χ3n) is 9.73. The molecule has 2 aromatic heterocycles. The Bertz CT molecular complexity index is 2160. The summed E-state index contributed by atoms with van der Waals surface area (Å²) >= 11 is -3.06. The van der Waals surface area contributed by atoms with Gasteiger partial charge in [-0.05, 0) is 53.4 Å². The number of nitrogens with one attached hydrogen (secondary N) is 1. The van der Waals surface area contributed by atoms with Gasteiger partial charge < -0.3 is 19.2 Å². The number of hydrazine groups is 1. The Morgan fingerprint density at radius 3 is 2.36 bits per heavy atom. The van der Waals surface area contributed by atoms with Gasteiger partial charge in [0.05, 0.1) is 36.9 Å². The van der Waals surface area contributed by atoms with Crippen LogP contribution in [-0.4, -0.2) is 92.9 Å². The number of carbonyl (C=O) groups is 2. The van der Waals surface area contributed by atoms with Crippen LogP contribution in [0.2, 0.25) is 0 Å². The first-order valence-electron chi connectivity index (χ1n) is 17.1. The van der Waals surface area contributed by atoms with Crippen LogP contribution in [-0.2, 0) is 33.8 Å². The predicted octanol–water partition coefficient (Wildman–Crippen LogP) is 5.34. The number of alkyl halides is 1. The molecular weight excluding hydrogens is 710 g/mol. The molecule has 1 N–H and O–H groups in total. The van der Waals surface area contributed by atoms with Crippen LogP contribution in [0.15, 0.2) is 79.1 Å². The molecule has 2 saturated heterocycles. The molecule has 0 aliphatic carbocycles. The number of esters is 1. The number of hydrogen-bond acceptors (Lipinski definition) is 9. The maximum atomic E-state index is 15.9. The molecule has 2 fully saturated rings. The van der Waals surface area contributed by atoms with Gasteiger partial charge in [0.1, 0.15) is 23.3 Å². The van der Waals surface area contributed by atoms with Crippen LogP contribution in [0, 0.1) is 11.6 Å². The van der Waals surface area contributed by atoms with Crippen LogP contribution in [0.1, 0.15) is 33.5 Å². The van der Waals surface area contributed by atoms with Gasteiger partial charge in [-0.2, -0.15) is 0 Å². The minimum Gasteiger partial charge on any atom is -0.754 e. The van der Waals surface area contributed by atoms with Gasteiger partial charge in [0.15, 0.2) is 5.82 Å². The summed E-state index contributed by atoms with van der Waals surface area (Å²) in [5, 5.41) is 1.43. The van der Waals surface area contributed by atoms with Crippen LogP contribution >= 0.6 is 0 Å². The summed E-state index contributed by atoms with van der Waals surface area (Å²) in [6.07, 6.45) is 1.94. The Morgan fingerprint density at radius 2 is 1.70 bits per heavy atom. The normalized spacial score (nSPS) is 17.3. The molecule has 2 aliphatic heterocycles. The van der Waals surface area contributed by atoms with Gasteiger partial charge in [-0.15, -0.1) is 0 Å². The number of H-pyrrole nitrogens is 1. The third-order valence-corrected chi connectivity index (χ3v) is 10.4. The number of methoxy groups -OCH3 is 1. The highest BCUT2D eigenvalue weighted by molar-refractivity contribution is 7.80. The lowest BCUT2D eigenvalue weighted by molar-refractivity contribution is -0.139. The molecule has 0 amide bonds. The number of carbonyl (C=O) groups excluding carboxylic acids is 2. The van der Waals surface area contributed by atoms with E-state index in [0.717, 1.165) is 66.7 Å². The molecule has 1 unspecified atom stereocenters. The summed E-state index contributed by atoms with van der Waals surface area (Å²) < 4.78 is 74.4. The lowest BCUT2D eigenvalue weighted by Gasteiger charge is -2.36. The molecule has 53 heavy (non-hydrogen) atoms. The summed E-state index contributed by atoms with van der Waals surface area (Å²) in [7, 11) is 1.38. The lowest BCUT2D eigenvalue weighted by atomic mass is 9.99. The Balaban J connectivity index is 1.04. The highest BCUT2D eigenvalue weighted by Crippen LogP contribution is 2.33. The van der Waals surface area contributed by atoms with Crippen molar-refractivity contribution >= 4 is 45.4 Å². The van der Waals surface area contributed by atoms with Gasteiger partial charge in [0.25, 0.3) is 0 Å². The zero-order chi connectivity index (χ0) is 37.2. The fraction of sp³-hybridized carbons (Fsp3) is 0.289. The molecular formula is C38H36F3N6O5S-. The van der Waals surface area contributed by atoms with E-state index >= 15 is 8.78 Å². The number of piperazine rings is 1. The van der Waals surface area contributed by atoms with Crippen LogP contribution in [0.25, 0.3) is 22.2 Å². The van der Waals surface area contributed by atoms with E-state index in [1.807, 2.05) is 48.5 Å². The van der Waals surface area contributed by atoms with Crippen molar-refractivity contribution in [1.82, 2.24) is 19.9 Å². The van der Waals surface area contributed by atoms with Gasteiger partial charge in [0, 0.05) is 73.9 Å². The van der Waals surface area contributed by atoms with Gasteiger partial charge in [-0.25, -0.2) is 27.6 Å². The van der Waals surface area contributed by atoms with E-state index in [1.54, 1.807) is 12.3 Å². The predicted molar refractivity (Wildman–Crippen MR) is 193 cm³/mol. The van der Waals surface area contributed by atoms with Crippen molar-refractivity contribution in [2.24, 2.45) is 0 Å². The fourth-order valence-electron chi connectivity index (χ4n) is 6.86. The largest absolute Gasteiger partial charge is 0.754 e. The van der Waals surface area contributed by atoms with Gasteiger partial charge in [0.2, 0.25) is 5.78 Å². The minimum absolute atomic E-state index is 0.00181. The van der Waals surface area contributed by atoms with Crippen molar-refractivity contribution in [2.75, 3.05) is 55.7 Å². The van der Waals surface area contributed by atoms with Crippen LogP contribution in [0.3, 0.4) is 0 Å². The van der Waals surface area contributed by atoms with E-state index in [4.69, 9.17) is 4.74 Å². The number of anilines is 2. The topological polar surface area (TPSA) is 125 Å². The molecule has 0 bridgehead atoms. The molecule has 2 atom stereocenters. The second-order valence-electron chi connectivity index (χ2n) is 13.1. The Kier molecular flexibility index (Phi) is 10.6. The van der Waals surface area contributed by atoms with Crippen molar-refractivity contribution in [3.63, 3.8) is 0 Å². The van der Waals surface area contributed by atoms with Gasteiger partial charge in [-0.1, -0.05) is 36.4 Å². The number of fused-ring (bicyclic) bond motifs is 1. The number of rotatable bonds is 11. The quantitative estimate of drug-likeness (QED) is 0.109. The number of halogens is 3. The molecule has 3 aromatic carbocycles. The van der Waals surface area contributed by atoms with E-state index in [0.29, 0.717) is 21.0 Å². The molecule has 4 heterocycles. The van der Waals surface area contributed by atoms with Crippen LogP contribution in [0.5, 0.6) is 0 Å². The smallest absolute Gasteiger partial charge is 0.309 e. The Labute approximate surface area is 306 Å². The SMILES string of the molecule is COC(=O)Cc1ccc(CN2CCN(c3ccc(-c4cnc5[nH]cc(C(=O)c6c(F)ccc(N(N7CC[C@@H](F)C7)S(=O)[O-])c6F)c5c4)cc3)CC2)cc1. The summed E-state index contributed by atoms with van der Waals surface area (Å²) in [4.78, 5) is 37.3. The minimum atomic E-state index is -3.06. The number of ether oxygens (including phenoxy) is 1. The fourth-order valence-corrected chi connectivity index (χ4v) is 7.50. The summed E-state index contributed by atoms with van der Waals surface area (Å²) in [6.45, 7) is 3.96. The third kappa shape index (κ3) is 7.69. The van der Waals surface area contributed by atoms with E-state index in [2.05, 4.69) is 19.8 Å². The van der Waals surface area contributed by atoms with Crippen molar-refractivity contribution < 1.29 is 36.3 Å². The number of hydrogen-bond donors (Lipinski definition) is 1. The molecule has 2 aliphatic rings. The van der Waals surface area contributed by atoms with E-state index in [1.165, 1.54) is 18.9 Å². The van der Waals surface area contributed by atoms with E-state index in [-0.39, 0.29) is 37.5 Å². The standard InChI is InChI=1S/C38H37F3N6O5S/c1-52-34(48)18-24-2-4-25(5-3-24)22-44-14-16-45(17-15-44)29-8-6-26(7-9-29)27-19-30-31(21-43-38(30)42-20-27)37(49)35-32(40)10-11-33(36(35)41)47(53(50)51)46-13-12-28(39)23-46/h2-11,19-21,28H,12-18,22-23H2,1H3,(H,42,43)(H,50,51)/p-1/t28-/m1/s1. The first-order chi connectivity index (χ1) is 25.6. The number of ketones is 1. The first-order valence-corrected chi connectivity index (χ1v) is 18.1. The van der Waals surface area contributed by atoms with Crippen molar-refractivity contribution in [1.29, 1.82) is 0 Å². The molecule has 276 valence electrons. The van der Waals surface area contributed by atoms with E-state index in [9.17, 15) is 22.7 Å². The summed E-state index contributed by atoms with van der Waals surface area (Å²) in [6, 6.07) is 19.4. The number of aromatic amines is 1. The maximum absolute atomic E-state index is 15.9. The van der Waals surface area contributed by atoms with Gasteiger partial charge >= 0.3 is 5.97 Å². The lowest BCUT2D eigenvalue weighted by Crippen LogP contribution is -2.45. The second-order valence-corrected chi connectivity index (χ2v) is 13.9. The molecule has 0 saturated carbocycles. The highest BCUT2D eigenvalue weighted by atomic mass is 32.2. The molecule has 15 heteroatoms.